The molecule has 2 rings (SSSR count). The number of rotatable bonds is 6. The molecule has 0 saturated carbocycles. The highest BCUT2D eigenvalue weighted by atomic mass is 14.3. The third kappa shape index (κ3) is 3.69. The SMILES string of the molecule is [B]c1ccc(C(C)(C)c2ccc([B])cc2CC=C)c(CC=C)c1. The smallest absolute Gasteiger partial charge is 0.103 e. The molecule has 0 saturated heterocycles. The molecule has 2 heteroatoms. The molecule has 0 amide bonds. The lowest BCUT2D eigenvalue weighted by molar-refractivity contribution is 0.628. The Morgan fingerprint density at radius 1 is 0.826 bits per heavy atom. The van der Waals surface area contributed by atoms with Crippen LogP contribution in [0.15, 0.2) is 61.7 Å². The van der Waals surface area contributed by atoms with E-state index in [1.807, 2.05) is 36.4 Å². The van der Waals surface area contributed by atoms with E-state index in [9.17, 15) is 0 Å². The van der Waals surface area contributed by atoms with Gasteiger partial charge in [0.1, 0.15) is 15.7 Å². The van der Waals surface area contributed by atoms with Crippen molar-refractivity contribution in [3.8, 4) is 0 Å². The second-order valence-electron chi connectivity index (χ2n) is 6.44. The first-order chi connectivity index (χ1) is 10.9. The molecular formula is C21H22B2. The highest BCUT2D eigenvalue weighted by Gasteiger charge is 2.27. The van der Waals surface area contributed by atoms with Crippen LogP contribution in [0.4, 0.5) is 0 Å². The topological polar surface area (TPSA) is 0 Å². The van der Waals surface area contributed by atoms with Crippen LogP contribution in [0.25, 0.3) is 0 Å². The second kappa shape index (κ2) is 7.08. The molecule has 0 bridgehead atoms. The van der Waals surface area contributed by atoms with Crippen LogP contribution in [0.5, 0.6) is 0 Å². The highest BCUT2D eigenvalue weighted by Crippen LogP contribution is 2.35. The van der Waals surface area contributed by atoms with Gasteiger partial charge in [0.15, 0.2) is 0 Å². The van der Waals surface area contributed by atoms with Gasteiger partial charge in [-0.2, -0.15) is 0 Å². The predicted octanol–water partition coefficient (Wildman–Crippen LogP) is 3.06. The van der Waals surface area contributed by atoms with Crippen LogP contribution in [0, 0.1) is 0 Å². The van der Waals surface area contributed by atoms with Crippen LogP contribution in [-0.2, 0) is 18.3 Å². The van der Waals surface area contributed by atoms with E-state index in [0.717, 1.165) is 23.8 Å². The van der Waals surface area contributed by atoms with Crippen LogP contribution in [0.3, 0.4) is 0 Å². The summed E-state index contributed by atoms with van der Waals surface area (Å²) < 4.78 is 0. The normalized spacial score (nSPS) is 11.2. The maximum atomic E-state index is 5.97. The van der Waals surface area contributed by atoms with Crippen molar-refractivity contribution in [2.75, 3.05) is 0 Å². The largest absolute Gasteiger partial charge is 0.113 e. The summed E-state index contributed by atoms with van der Waals surface area (Å²) in [4.78, 5) is 0. The maximum absolute atomic E-state index is 5.97. The number of hydrogen-bond donors (Lipinski definition) is 0. The van der Waals surface area contributed by atoms with E-state index in [1.165, 1.54) is 22.3 Å². The minimum atomic E-state index is -0.155. The van der Waals surface area contributed by atoms with Crippen molar-refractivity contribution in [2.24, 2.45) is 0 Å². The predicted molar refractivity (Wildman–Crippen MR) is 104 cm³/mol. The van der Waals surface area contributed by atoms with E-state index in [2.05, 4.69) is 39.1 Å². The van der Waals surface area contributed by atoms with Gasteiger partial charge in [0, 0.05) is 5.41 Å². The van der Waals surface area contributed by atoms with E-state index < -0.39 is 0 Å². The standard InChI is InChI=1S/C21H22B2/c1-5-7-15-13-17(22)9-11-19(15)21(3,4)20-12-10-18(23)14-16(20)8-6-2/h5-6,9-14H,1-2,7-8H2,3-4H3. The number of hydrogen-bond acceptors (Lipinski definition) is 0. The summed E-state index contributed by atoms with van der Waals surface area (Å²) in [6.07, 6.45) is 5.44. The van der Waals surface area contributed by atoms with E-state index in [-0.39, 0.29) is 5.41 Å². The first-order valence-electron chi connectivity index (χ1n) is 7.89. The molecule has 0 aliphatic rings. The molecule has 0 spiro atoms. The third-order valence-corrected chi connectivity index (χ3v) is 4.33. The Morgan fingerprint density at radius 2 is 1.22 bits per heavy atom. The van der Waals surface area contributed by atoms with Crippen LogP contribution in [0.1, 0.15) is 36.1 Å². The summed E-state index contributed by atoms with van der Waals surface area (Å²) in [5.74, 6) is 0. The average molecular weight is 296 g/mol. The molecule has 0 nitrogen and oxygen atoms in total. The lowest BCUT2D eigenvalue weighted by Crippen LogP contribution is -2.25. The minimum Gasteiger partial charge on any atom is -0.103 e. The highest BCUT2D eigenvalue weighted by molar-refractivity contribution is 6.32. The van der Waals surface area contributed by atoms with E-state index in [0.29, 0.717) is 0 Å². The molecule has 0 aromatic heterocycles. The van der Waals surface area contributed by atoms with E-state index in [1.54, 1.807) is 0 Å². The number of benzene rings is 2. The Bertz CT molecular complexity index is 665. The summed E-state index contributed by atoms with van der Waals surface area (Å²) in [7, 11) is 11.9. The first kappa shape index (κ1) is 17.4. The van der Waals surface area contributed by atoms with Gasteiger partial charge in [-0.25, -0.2) is 0 Å². The monoisotopic (exact) mass is 296 g/mol. The lowest BCUT2D eigenvalue weighted by atomic mass is 9.71. The molecule has 23 heavy (non-hydrogen) atoms. The molecule has 0 heterocycles. The van der Waals surface area contributed by atoms with E-state index >= 15 is 0 Å². The molecule has 0 aliphatic carbocycles. The first-order valence-corrected chi connectivity index (χ1v) is 7.89. The fourth-order valence-corrected chi connectivity index (χ4v) is 3.24. The Balaban J connectivity index is 2.62. The quantitative estimate of drug-likeness (QED) is 0.568. The second-order valence-corrected chi connectivity index (χ2v) is 6.44. The van der Waals surface area contributed by atoms with Gasteiger partial charge in [-0.3, -0.25) is 0 Å². The van der Waals surface area contributed by atoms with Crippen LogP contribution in [0.2, 0.25) is 0 Å². The third-order valence-electron chi connectivity index (χ3n) is 4.33. The molecule has 0 fully saturated rings. The van der Waals surface area contributed by atoms with Crippen molar-refractivity contribution in [3.05, 3.63) is 84.0 Å². The zero-order chi connectivity index (χ0) is 17.0. The Hall–Kier alpha value is -1.95. The van der Waals surface area contributed by atoms with Gasteiger partial charge < -0.3 is 0 Å². The Labute approximate surface area is 143 Å². The van der Waals surface area contributed by atoms with Gasteiger partial charge >= 0.3 is 0 Å². The molecule has 4 radical (unpaired) electrons. The van der Waals surface area contributed by atoms with Gasteiger partial charge in [-0.1, -0.05) is 73.3 Å². The molecule has 0 atom stereocenters. The van der Waals surface area contributed by atoms with Gasteiger partial charge in [0.25, 0.3) is 0 Å². The molecule has 0 aliphatic heterocycles. The number of allylic oxidation sites excluding steroid dienone is 2. The minimum absolute atomic E-state index is 0.155. The van der Waals surface area contributed by atoms with Crippen molar-refractivity contribution in [1.82, 2.24) is 0 Å². The fourth-order valence-electron chi connectivity index (χ4n) is 3.24. The molecule has 2 aromatic rings. The van der Waals surface area contributed by atoms with Crippen LogP contribution < -0.4 is 10.9 Å². The van der Waals surface area contributed by atoms with Gasteiger partial charge in [-0.05, 0) is 35.1 Å². The summed E-state index contributed by atoms with van der Waals surface area (Å²) in [6, 6.07) is 12.3. The Morgan fingerprint density at radius 3 is 1.57 bits per heavy atom. The zero-order valence-electron chi connectivity index (χ0n) is 14.1. The molecule has 0 unspecified atom stereocenters. The zero-order valence-corrected chi connectivity index (χ0v) is 14.1. The van der Waals surface area contributed by atoms with Crippen molar-refractivity contribution in [3.63, 3.8) is 0 Å². The van der Waals surface area contributed by atoms with Gasteiger partial charge in [-0.15, -0.1) is 13.2 Å². The van der Waals surface area contributed by atoms with Crippen molar-refractivity contribution >= 4 is 26.6 Å². The summed E-state index contributed by atoms with van der Waals surface area (Å²) in [5, 5.41) is 0. The summed E-state index contributed by atoms with van der Waals surface area (Å²) >= 11 is 0. The van der Waals surface area contributed by atoms with E-state index in [4.69, 9.17) is 15.7 Å². The molecule has 112 valence electrons. The van der Waals surface area contributed by atoms with Crippen LogP contribution in [-0.4, -0.2) is 15.7 Å². The molecule has 2 aromatic carbocycles. The average Bonchev–Trinajstić information content (AvgIpc) is 2.47. The maximum Gasteiger partial charge on any atom is 0.113 e. The Kier molecular flexibility index (Phi) is 5.36. The molecular weight excluding hydrogens is 274 g/mol. The van der Waals surface area contributed by atoms with Crippen LogP contribution >= 0.6 is 0 Å². The summed E-state index contributed by atoms with van der Waals surface area (Å²) in [5.41, 5.74) is 6.37. The lowest BCUT2D eigenvalue weighted by Gasteiger charge is -2.31. The van der Waals surface area contributed by atoms with Gasteiger partial charge in [0.05, 0.1) is 0 Å². The van der Waals surface area contributed by atoms with Crippen molar-refractivity contribution < 1.29 is 0 Å². The van der Waals surface area contributed by atoms with Crippen molar-refractivity contribution in [2.45, 2.75) is 32.1 Å². The summed E-state index contributed by atoms with van der Waals surface area (Å²) in [6.45, 7) is 12.2. The van der Waals surface area contributed by atoms with Crippen molar-refractivity contribution in [1.29, 1.82) is 0 Å². The van der Waals surface area contributed by atoms with Gasteiger partial charge in [0.2, 0.25) is 0 Å². The molecule has 0 N–H and O–H groups in total. The fraction of sp³-hybridized carbons (Fsp3) is 0.238.